The van der Waals surface area contributed by atoms with Crippen LogP contribution in [0.15, 0.2) is 24.3 Å². The summed E-state index contributed by atoms with van der Waals surface area (Å²) in [5, 5.41) is 2.30. The minimum atomic E-state index is -0.811. The number of benzene rings is 1. The van der Waals surface area contributed by atoms with Crippen LogP contribution in [0, 0.1) is 5.82 Å². The van der Waals surface area contributed by atoms with Crippen LogP contribution < -0.4 is 16.2 Å². The lowest BCUT2D eigenvalue weighted by atomic mass is 10.3. The molecule has 0 aliphatic rings. The molecule has 0 heterocycles. The molecule has 0 atom stereocenters. The Morgan fingerprint density at radius 3 is 2.69 bits per heavy atom. The van der Waals surface area contributed by atoms with Gasteiger partial charge in [0.25, 0.3) is 0 Å². The second-order valence-electron chi connectivity index (χ2n) is 2.71. The highest BCUT2D eigenvalue weighted by molar-refractivity contribution is 5.90. The van der Waals surface area contributed by atoms with E-state index in [1.807, 2.05) is 10.9 Å². The van der Waals surface area contributed by atoms with E-state index in [-0.39, 0.29) is 5.69 Å². The summed E-state index contributed by atoms with van der Waals surface area (Å²) in [6, 6.07) is 4.61. The highest BCUT2D eigenvalue weighted by Crippen LogP contribution is 2.08. The van der Waals surface area contributed by atoms with Crippen LogP contribution in [0.25, 0.3) is 0 Å². The number of carbonyl (C=O) groups is 2. The Labute approximate surface area is 90.7 Å². The standard InChI is InChI=1S/C9H10FN3O3/c1-16-9(15)13-12-8(14)11-7-4-2-3-6(10)5-7/h2-5H,1H3,(H,13,15)(H2,11,12,14). The predicted molar refractivity (Wildman–Crippen MR) is 54.1 cm³/mol. The summed E-state index contributed by atoms with van der Waals surface area (Å²) < 4.78 is 16.9. The highest BCUT2D eigenvalue weighted by Gasteiger charge is 2.03. The van der Waals surface area contributed by atoms with Crippen LogP contribution in [-0.2, 0) is 4.74 Å². The van der Waals surface area contributed by atoms with Crippen LogP contribution in [0.2, 0.25) is 0 Å². The van der Waals surface area contributed by atoms with Gasteiger partial charge in [0.15, 0.2) is 0 Å². The van der Waals surface area contributed by atoms with Gasteiger partial charge in [-0.25, -0.2) is 24.8 Å². The van der Waals surface area contributed by atoms with Crippen molar-refractivity contribution in [3.05, 3.63) is 30.1 Å². The van der Waals surface area contributed by atoms with Crippen molar-refractivity contribution >= 4 is 17.8 Å². The van der Waals surface area contributed by atoms with Crippen molar-refractivity contribution in [3.63, 3.8) is 0 Å². The number of methoxy groups -OCH3 is 1. The number of rotatable bonds is 1. The maximum Gasteiger partial charge on any atom is 0.425 e. The molecule has 0 radical (unpaired) electrons. The average molecular weight is 227 g/mol. The van der Waals surface area contributed by atoms with Gasteiger partial charge in [-0.15, -0.1) is 0 Å². The topological polar surface area (TPSA) is 79.5 Å². The Kier molecular flexibility index (Phi) is 4.07. The van der Waals surface area contributed by atoms with E-state index in [1.165, 1.54) is 18.2 Å². The molecule has 0 aliphatic heterocycles. The number of amides is 3. The maximum absolute atomic E-state index is 12.7. The Hall–Kier alpha value is -2.31. The molecule has 1 aromatic rings. The number of hydrazine groups is 1. The number of urea groups is 1. The first-order valence-electron chi connectivity index (χ1n) is 4.28. The van der Waals surface area contributed by atoms with Gasteiger partial charge in [-0.1, -0.05) is 6.07 Å². The number of anilines is 1. The summed E-state index contributed by atoms with van der Waals surface area (Å²) in [4.78, 5) is 21.7. The van der Waals surface area contributed by atoms with Crippen LogP contribution in [0.3, 0.4) is 0 Å². The Morgan fingerprint density at radius 1 is 1.31 bits per heavy atom. The Morgan fingerprint density at radius 2 is 2.06 bits per heavy atom. The largest absolute Gasteiger partial charge is 0.452 e. The van der Waals surface area contributed by atoms with Gasteiger partial charge < -0.3 is 10.1 Å². The third-order valence-corrected chi connectivity index (χ3v) is 1.55. The molecule has 0 saturated heterocycles. The molecule has 0 bridgehead atoms. The Bertz CT molecular complexity index is 397. The lowest BCUT2D eigenvalue weighted by Crippen LogP contribution is -2.43. The first-order chi connectivity index (χ1) is 7.61. The second kappa shape index (κ2) is 5.54. The van der Waals surface area contributed by atoms with Crippen LogP contribution >= 0.6 is 0 Å². The zero-order valence-corrected chi connectivity index (χ0v) is 8.41. The van der Waals surface area contributed by atoms with Crippen molar-refractivity contribution in [1.29, 1.82) is 0 Å². The van der Waals surface area contributed by atoms with E-state index in [9.17, 15) is 14.0 Å². The van der Waals surface area contributed by atoms with Crippen LogP contribution in [0.4, 0.5) is 19.7 Å². The van der Waals surface area contributed by atoms with Gasteiger partial charge >= 0.3 is 12.1 Å². The molecule has 0 unspecified atom stereocenters. The summed E-state index contributed by atoms with van der Waals surface area (Å²) in [7, 11) is 1.15. The SMILES string of the molecule is COC(=O)NNC(=O)Nc1cccc(F)c1. The second-order valence-corrected chi connectivity index (χ2v) is 2.71. The minimum Gasteiger partial charge on any atom is -0.452 e. The van der Waals surface area contributed by atoms with Crippen molar-refractivity contribution in [3.8, 4) is 0 Å². The molecule has 0 aliphatic carbocycles. The molecule has 0 fully saturated rings. The van der Waals surface area contributed by atoms with E-state index in [1.54, 1.807) is 0 Å². The average Bonchev–Trinajstić information content (AvgIpc) is 2.26. The molecule has 3 N–H and O–H groups in total. The van der Waals surface area contributed by atoms with E-state index < -0.39 is 17.9 Å². The molecule has 86 valence electrons. The van der Waals surface area contributed by atoms with Crippen molar-refractivity contribution in [2.24, 2.45) is 0 Å². The molecule has 7 heteroatoms. The van der Waals surface area contributed by atoms with E-state index in [2.05, 4.69) is 10.1 Å². The zero-order valence-electron chi connectivity index (χ0n) is 8.41. The van der Waals surface area contributed by atoms with Gasteiger partial charge in [0, 0.05) is 5.69 Å². The first-order valence-corrected chi connectivity index (χ1v) is 4.28. The van der Waals surface area contributed by atoms with E-state index in [4.69, 9.17) is 0 Å². The lowest BCUT2D eigenvalue weighted by molar-refractivity contribution is 0.166. The van der Waals surface area contributed by atoms with Gasteiger partial charge in [0.2, 0.25) is 0 Å². The van der Waals surface area contributed by atoms with Crippen LogP contribution in [0.5, 0.6) is 0 Å². The highest BCUT2D eigenvalue weighted by atomic mass is 19.1. The van der Waals surface area contributed by atoms with E-state index in [0.717, 1.165) is 13.2 Å². The first kappa shape index (κ1) is 11.8. The molecule has 1 aromatic carbocycles. The number of halogens is 1. The molecule has 6 nitrogen and oxygen atoms in total. The van der Waals surface area contributed by atoms with E-state index >= 15 is 0 Å². The maximum atomic E-state index is 12.7. The fraction of sp³-hybridized carbons (Fsp3) is 0.111. The van der Waals surface area contributed by atoms with Gasteiger partial charge in [0.1, 0.15) is 5.82 Å². The third-order valence-electron chi connectivity index (χ3n) is 1.55. The number of hydrogen-bond donors (Lipinski definition) is 3. The predicted octanol–water partition coefficient (Wildman–Crippen LogP) is 1.22. The number of hydrogen-bond acceptors (Lipinski definition) is 3. The summed E-state index contributed by atoms with van der Waals surface area (Å²) >= 11 is 0. The monoisotopic (exact) mass is 227 g/mol. The fourth-order valence-electron chi connectivity index (χ4n) is 0.887. The van der Waals surface area contributed by atoms with E-state index in [0.29, 0.717) is 0 Å². The summed E-state index contributed by atoms with van der Waals surface area (Å²) in [6.45, 7) is 0. The lowest BCUT2D eigenvalue weighted by Gasteiger charge is -2.07. The molecule has 0 saturated carbocycles. The Balaban J connectivity index is 2.43. The molecule has 0 spiro atoms. The summed E-state index contributed by atoms with van der Waals surface area (Å²) in [6.07, 6.45) is -0.811. The fourth-order valence-corrected chi connectivity index (χ4v) is 0.887. The number of nitrogens with one attached hydrogen (secondary N) is 3. The van der Waals surface area contributed by atoms with Gasteiger partial charge in [0.05, 0.1) is 7.11 Å². The summed E-state index contributed by atoms with van der Waals surface area (Å²) in [5.41, 5.74) is 4.22. The van der Waals surface area contributed by atoms with Crippen molar-refractivity contribution in [2.45, 2.75) is 0 Å². The van der Waals surface area contributed by atoms with Gasteiger partial charge in [-0.05, 0) is 18.2 Å². The minimum absolute atomic E-state index is 0.268. The smallest absolute Gasteiger partial charge is 0.425 e. The van der Waals surface area contributed by atoms with Crippen molar-refractivity contribution < 1.29 is 18.7 Å². The normalized spacial score (nSPS) is 9.12. The third kappa shape index (κ3) is 3.82. The van der Waals surface area contributed by atoms with Gasteiger partial charge in [-0.3, -0.25) is 0 Å². The molecule has 16 heavy (non-hydrogen) atoms. The summed E-state index contributed by atoms with van der Waals surface area (Å²) in [5.74, 6) is -0.473. The molecule has 0 aromatic heterocycles. The molecular weight excluding hydrogens is 217 g/mol. The number of ether oxygens (including phenoxy) is 1. The number of carbonyl (C=O) groups excluding carboxylic acids is 2. The molecule has 3 amide bonds. The van der Waals surface area contributed by atoms with Crippen LogP contribution in [-0.4, -0.2) is 19.2 Å². The van der Waals surface area contributed by atoms with Gasteiger partial charge in [-0.2, -0.15) is 0 Å². The van der Waals surface area contributed by atoms with Crippen molar-refractivity contribution in [1.82, 2.24) is 10.9 Å². The zero-order chi connectivity index (χ0) is 12.0. The quantitative estimate of drug-likeness (QED) is 0.631. The molecular formula is C9H10FN3O3. The van der Waals surface area contributed by atoms with Crippen LogP contribution in [0.1, 0.15) is 0 Å². The molecule has 1 rings (SSSR count). The van der Waals surface area contributed by atoms with Crippen molar-refractivity contribution in [2.75, 3.05) is 12.4 Å².